The average Bonchev–Trinajstić information content (AvgIpc) is 3.49. The summed E-state index contributed by atoms with van der Waals surface area (Å²) in [6.07, 6.45) is 3.72. The van der Waals surface area contributed by atoms with Crippen LogP contribution in [0, 0.1) is 5.92 Å². The zero-order valence-electron chi connectivity index (χ0n) is 20.1. The summed E-state index contributed by atoms with van der Waals surface area (Å²) in [6, 6.07) is 0.393. The van der Waals surface area contributed by atoms with Gasteiger partial charge in [-0.2, -0.15) is 0 Å². The second-order valence-electron chi connectivity index (χ2n) is 9.28. The number of aromatic amines is 1. The van der Waals surface area contributed by atoms with Crippen molar-refractivity contribution in [2.24, 2.45) is 5.92 Å². The van der Waals surface area contributed by atoms with E-state index in [4.69, 9.17) is 5.73 Å². The van der Waals surface area contributed by atoms with Crippen LogP contribution in [0.1, 0.15) is 78.1 Å². The Bertz CT molecular complexity index is 1100. The summed E-state index contributed by atoms with van der Waals surface area (Å²) in [5.41, 5.74) is 5.11. The molecular weight excluding hydrogens is 442 g/mol. The molecule has 0 aliphatic heterocycles. The number of aromatic nitrogens is 5. The Hall–Kier alpha value is -2.56. The number of H-pyrrole nitrogens is 1. The first-order chi connectivity index (χ1) is 15.6. The highest BCUT2D eigenvalue weighted by atomic mass is 32.2. The molecule has 33 heavy (non-hydrogen) atoms. The van der Waals surface area contributed by atoms with Crippen molar-refractivity contribution in [1.82, 2.24) is 24.3 Å². The van der Waals surface area contributed by atoms with Crippen LogP contribution in [-0.4, -0.2) is 42.5 Å². The lowest BCUT2D eigenvalue weighted by atomic mass is 10.2. The van der Waals surface area contributed by atoms with Crippen molar-refractivity contribution < 1.29 is 4.79 Å². The van der Waals surface area contributed by atoms with E-state index in [0.717, 1.165) is 30.2 Å². The second kappa shape index (κ2) is 10.6. The highest BCUT2D eigenvalue weighted by Gasteiger charge is 2.31. The van der Waals surface area contributed by atoms with Crippen LogP contribution in [0.2, 0.25) is 0 Å². The van der Waals surface area contributed by atoms with Gasteiger partial charge in [0.25, 0.3) is 5.56 Å². The van der Waals surface area contributed by atoms with Crippen LogP contribution in [0.15, 0.2) is 14.7 Å². The third kappa shape index (κ3) is 5.69. The van der Waals surface area contributed by atoms with E-state index in [-0.39, 0.29) is 35.0 Å². The SMILES string of the molecule is CCCCN(C(=O)CSc1nnc(C(C)C)n1C1CC1)c1c(N)n(CC(C)C)c(=O)[nH]c1=O. The van der Waals surface area contributed by atoms with Gasteiger partial charge in [0.2, 0.25) is 5.91 Å². The number of hydrogen-bond acceptors (Lipinski definition) is 7. The molecule has 0 bridgehead atoms. The molecule has 0 atom stereocenters. The summed E-state index contributed by atoms with van der Waals surface area (Å²) in [7, 11) is 0. The molecule has 0 spiro atoms. The molecule has 0 radical (unpaired) electrons. The Labute approximate surface area is 198 Å². The quantitative estimate of drug-likeness (QED) is 0.476. The van der Waals surface area contributed by atoms with E-state index < -0.39 is 11.2 Å². The maximum absolute atomic E-state index is 13.3. The van der Waals surface area contributed by atoms with Crippen molar-refractivity contribution in [3.05, 3.63) is 26.7 Å². The Balaban J connectivity index is 1.89. The van der Waals surface area contributed by atoms with Crippen molar-refractivity contribution in [2.45, 2.75) is 84.0 Å². The third-order valence-corrected chi connectivity index (χ3v) is 6.44. The number of nitrogen functional groups attached to an aromatic ring is 1. The summed E-state index contributed by atoms with van der Waals surface area (Å²) < 4.78 is 3.47. The van der Waals surface area contributed by atoms with Gasteiger partial charge in [0, 0.05) is 25.0 Å². The predicted molar refractivity (Wildman–Crippen MR) is 131 cm³/mol. The Morgan fingerprint density at radius 1 is 1.24 bits per heavy atom. The Morgan fingerprint density at radius 3 is 2.52 bits per heavy atom. The van der Waals surface area contributed by atoms with E-state index >= 15 is 0 Å². The van der Waals surface area contributed by atoms with Gasteiger partial charge in [0.1, 0.15) is 11.6 Å². The van der Waals surface area contributed by atoms with Crippen LogP contribution < -0.4 is 21.9 Å². The standard InChI is InChI=1S/C22H35N7O3S/c1-6-7-10-27(17-18(23)28(11-13(2)3)21(32)24-20(17)31)16(30)12-33-22-26-25-19(14(4)5)29(22)15-8-9-15/h13-15H,6-12,23H2,1-5H3,(H,24,31,32). The fraction of sp³-hybridized carbons (Fsp3) is 0.682. The number of unbranched alkanes of at least 4 members (excludes halogenated alkanes) is 1. The van der Waals surface area contributed by atoms with E-state index in [9.17, 15) is 14.4 Å². The number of carbonyl (C=O) groups excluding carboxylic acids is 1. The molecule has 3 N–H and O–H groups in total. The molecule has 1 aliphatic rings. The van der Waals surface area contributed by atoms with Gasteiger partial charge < -0.3 is 15.2 Å². The zero-order valence-corrected chi connectivity index (χ0v) is 20.9. The zero-order chi connectivity index (χ0) is 24.3. The molecule has 11 heteroatoms. The van der Waals surface area contributed by atoms with Crippen LogP contribution in [0.4, 0.5) is 11.5 Å². The summed E-state index contributed by atoms with van der Waals surface area (Å²) in [5, 5.41) is 9.38. The van der Waals surface area contributed by atoms with Gasteiger partial charge >= 0.3 is 5.69 Å². The number of carbonyl (C=O) groups is 1. The lowest BCUT2D eigenvalue weighted by molar-refractivity contribution is -0.116. The van der Waals surface area contributed by atoms with Crippen molar-refractivity contribution in [2.75, 3.05) is 22.9 Å². The molecule has 3 rings (SSSR count). The maximum atomic E-state index is 13.3. The summed E-state index contributed by atoms with van der Waals surface area (Å²) in [6.45, 7) is 10.8. The minimum Gasteiger partial charge on any atom is -0.383 e. The van der Waals surface area contributed by atoms with Gasteiger partial charge in [-0.3, -0.25) is 19.1 Å². The fourth-order valence-corrected chi connectivity index (χ4v) is 4.61. The first-order valence-corrected chi connectivity index (χ1v) is 12.6. The molecule has 1 fully saturated rings. The Morgan fingerprint density at radius 2 is 1.94 bits per heavy atom. The number of amides is 1. The number of nitrogens with one attached hydrogen (secondary N) is 1. The van der Waals surface area contributed by atoms with Crippen LogP contribution in [0.25, 0.3) is 0 Å². The lowest BCUT2D eigenvalue weighted by Crippen LogP contribution is -2.42. The molecule has 2 aromatic rings. The maximum Gasteiger partial charge on any atom is 0.330 e. The van der Waals surface area contributed by atoms with Gasteiger partial charge in [-0.1, -0.05) is 52.8 Å². The molecule has 0 unspecified atom stereocenters. The van der Waals surface area contributed by atoms with Crippen molar-refractivity contribution in [3.8, 4) is 0 Å². The molecule has 1 saturated carbocycles. The van der Waals surface area contributed by atoms with Crippen LogP contribution in [-0.2, 0) is 11.3 Å². The topological polar surface area (TPSA) is 132 Å². The van der Waals surface area contributed by atoms with Crippen LogP contribution in [0.3, 0.4) is 0 Å². The van der Waals surface area contributed by atoms with E-state index in [1.165, 1.54) is 21.2 Å². The predicted octanol–water partition coefficient (Wildman–Crippen LogP) is 2.75. The van der Waals surface area contributed by atoms with Gasteiger partial charge in [0.05, 0.1) is 5.75 Å². The lowest BCUT2D eigenvalue weighted by Gasteiger charge is -2.24. The minimum absolute atomic E-state index is 0.0233. The van der Waals surface area contributed by atoms with Crippen molar-refractivity contribution in [1.29, 1.82) is 0 Å². The Kier molecular flexibility index (Phi) is 8.04. The smallest absolute Gasteiger partial charge is 0.330 e. The molecule has 2 heterocycles. The number of hydrogen-bond donors (Lipinski definition) is 2. The number of anilines is 2. The third-order valence-electron chi connectivity index (χ3n) is 5.51. The van der Waals surface area contributed by atoms with Crippen molar-refractivity contribution >= 4 is 29.2 Å². The van der Waals surface area contributed by atoms with E-state index in [1.807, 2.05) is 20.8 Å². The summed E-state index contributed by atoms with van der Waals surface area (Å²) in [4.78, 5) is 42.2. The van der Waals surface area contributed by atoms with E-state index in [1.54, 1.807) is 0 Å². The van der Waals surface area contributed by atoms with E-state index in [2.05, 4.69) is 33.6 Å². The molecule has 0 saturated heterocycles. The monoisotopic (exact) mass is 477 g/mol. The molecule has 1 amide bonds. The molecule has 1 aliphatic carbocycles. The minimum atomic E-state index is -0.643. The fourth-order valence-electron chi connectivity index (χ4n) is 3.72. The van der Waals surface area contributed by atoms with E-state index in [0.29, 0.717) is 25.6 Å². The molecular formula is C22H35N7O3S. The summed E-state index contributed by atoms with van der Waals surface area (Å²) >= 11 is 1.32. The first kappa shape index (κ1) is 25.1. The second-order valence-corrected chi connectivity index (χ2v) is 10.2. The number of nitrogens with zero attached hydrogens (tertiary/aromatic N) is 5. The highest BCUT2D eigenvalue weighted by Crippen LogP contribution is 2.40. The summed E-state index contributed by atoms with van der Waals surface area (Å²) in [5.74, 6) is 1.17. The molecule has 2 aromatic heterocycles. The first-order valence-electron chi connectivity index (χ1n) is 11.7. The van der Waals surface area contributed by atoms with Gasteiger partial charge in [-0.25, -0.2) is 4.79 Å². The van der Waals surface area contributed by atoms with Crippen LogP contribution >= 0.6 is 11.8 Å². The van der Waals surface area contributed by atoms with Gasteiger partial charge in [0.15, 0.2) is 10.8 Å². The average molecular weight is 478 g/mol. The normalized spacial score (nSPS) is 13.8. The number of rotatable bonds is 11. The molecule has 182 valence electrons. The van der Waals surface area contributed by atoms with Crippen LogP contribution in [0.5, 0.6) is 0 Å². The largest absolute Gasteiger partial charge is 0.383 e. The molecule has 10 nitrogen and oxygen atoms in total. The van der Waals surface area contributed by atoms with Gasteiger partial charge in [-0.05, 0) is 25.2 Å². The van der Waals surface area contributed by atoms with Crippen molar-refractivity contribution in [3.63, 3.8) is 0 Å². The number of nitrogens with two attached hydrogens (primary N) is 1. The number of thioether (sulfide) groups is 1. The van der Waals surface area contributed by atoms with Gasteiger partial charge in [-0.15, -0.1) is 10.2 Å². The highest BCUT2D eigenvalue weighted by molar-refractivity contribution is 7.99. The molecule has 0 aromatic carbocycles.